The third-order valence-corrected chi connectivity index (χ3v) is 7.15. The van der Waals surface area contributed by atoms with Gasteiger partial charge < -0.3 is 10.1 Å². The quantitative estimate of drug-likeness (QED) is 0.337. The van der Waals surface area contributed by atoms with Crippen LogP contribution in [0.5, 0.6) is 5.75 Å². The molecule has 0 aliphatic carbocycles. The van der Waals surface area contributed by atoms with Crippen LogP contribution in [0.1, 0.15) is 17.4 Å². The van der Waals surface area contributed by atoms with Gasteiger partial charge >= 0.3 is 0 Å². The number of thiophene rings is 1. The van der Waals surface area contributed by atoms with Crippen molar-refractivity contribution in [1.82, 2.24) is 20.1 Å². The monoisotopic (exact) mass is 478 g/mol. The molecule has 0 spiro atoms. The van der Waals surface area contributed by atoms with Crippen molar-refractivity contribution in [3.63, 3.8) is 0 Å². The van der Waals surface area contributed by atoms with E-state index >= 15 is 0 Å². The van der Waals surface area contributed by atoms with E-state index in [1.807, 2.05) is 59.3 Å². The van der Waals surface area contributed by atoms with Crippen LogP contribution in [0, 0.1) is 6.92 Å². The van der Waals surface area contributed by atoms with Gasteiger partial charge in [0.25, 0.3) is 0 Å². The van der Waals surface area contributed by atoms with Crippen LogP contribution in [0.4, 0.5) is 0 Å². The Morgan fingerprint density at radius 2 is 1.88 bits per heavy atom. The Bertz CT molecular complexity index is 1190. The van der Waals surface area contributed by atoms with E-state index in [4.69, 9.17) is 4.74 Å². The average Bonchev–Trinajstić information content (AvgIpc) is 3.50. The number of rotatable bonds is 9. The summed E-state index contributed by atoms with van der Waals surface area (Å²) in [6.07, 6.45) is 0.835. The van der Waals surface area contributed by atoms with E-state index in [-0.39, 0.29) is 11.2 Å². The van der Waals surface area contributed by atoms with Crippen molar-refractivity contribution >= 4 is 29.0 Å². The van der Waals surface area contributed by atoms with Gasteiger partial charge in [-0.25, -0.2) is 0 Å². The molecule has 0 aliphatic heterocycles. The fourth-order valence-electron chi connectivity index (χ4n) is 3.32. The van der Waals surface area contributed by atoms with Gasteiger partial charge in [-0.15, -0.1) is 21.5 Å². The van der Waals surface area contributed by atoms with Crippen LogP contribution >= 0.6 is 23.1 Å². The number of nitrogens with zero attached hydrogens (tertiary/aromatic N) is 3. The molecular formula is C25H26N4O2S2. The number of hydrogen-bond donors (Lipinski definition) is 1. The molecule has 2 heterocycles. The van der Waals surface area contributed by atoms with E-state index < -0.39 is 0 Å². The summed E-state index contributed by atoms with van der Waals surface area (Å²) < 4.78 is 7.28. The Morgan fingerprint density at radius 3 is 2.55 bits per heavy atom. The van der Waals surface area contributed by atoms with E-state index in [0.717, 1.165) is 23.4 Å². The summed E-state index contributed by atoms with van der Waals surface area (Å²) >= 11 is 3.11. The highest BCUT2D eigenvalue weighted by Crippen LogP contribution is 2.31. The van der Waals surface area contributed by atoms with Crippen molar-refractivity contribution in [2.45, 2.75) is 30.7 Å². The van der Waals surface area contributed by atoms with E-state index in [9.17, 15) is 4.79 Å². The van der Waals surface area contributed by atoms with Gasteiger partial charge in [0.05, 0.1) is 12.4 Å². The number of aromatic nitrogens is 3. The van der Waals surface area contributed by atoms with Crippen LogP contribution in [0.3, 0.4) is 0 Å². The molecule has 1 atom stereocenters. The average molecular weight is 479 g/mol. The Labute approximate surface area is 202 Å². The zero-order chi connectivity index (χ0) is 23.2. The first-order valence-corrected chi connectivity index (χ1v) is 12.4. The van der Waals surface area contributed by atoms with Crippen molar-refractivity contribution in [1.29, 1.82) is 0 Å². The fraction of sp³-hybridized carbons (Fsp3) is 0.240. The highest BCUT2D eigenvalue weighted by atomic mass is 32.2. The highest BCUT2D eigenvalue weighted by Gasteiger charge is 2.22. The van der Waals surface area contributed by atoms with E-state index in [1.54, 1.807) is 18.4 Å². The summed E-state index contributed by atoms with van der Waals surface area (Å²) in [5.41, 5.74) is 3.04. The standard InChI is InChI=1S/C25H26N4O2S2/c1-17-6-10-20(11-7-17)29-23(19-8-12-21(31-3)13-9-19)27-28-25(29)33-18(2)24(30)26-15-14-22-5-4-16-32-22/h4-13,16,18H,14-15H2,1-3H3,(H,26,30). The molecule has 33 heavy (non-hydrogen) atoms. The number of methoxy groups -OCH3 is 1. The Hall–Kier alpha value is -3.10. The predicted octanol–water partition coefficient (Wildman–Crippen LogP) is 5.15. The molecule has 4 aromatic rings. The molecule has 0 aliphatic rings. The first-order valence-electron chi connectivity index (χ1n) is 10.7. The van der Waals surface area contributed by atoms with Crippen LogP contribution < -0.4 is 10.1 Å². The minimum Gasteiger partial charge on any atom is -0.497 e. The molecule has 8 heteroatoms. The van der Waals surface area contributed by atoms with Crippen LogP contribution in [0.2, 0.25) is 0 Å². The van der Waals surface area contributed by atoms with E-state index in [2.05, 4.69) is 40.6 Å². The van der Waals surface area contributed by atoms with Gasteiger partial charge in [0.1, 0.15) is 5.75 Å². The Balaban J connectivity index is 1.55. The van der Waals surface area contributed by atoms with E-state index in [1.165, 1.54) is 22.2 Å². The largest absolute Gasteiger partial charge is 0.497 e. The van der Waals surface area contributed by atoms with Gasteiger partial charge in [-0.2, -0.15) is 0 Å². The summed E-state index contributed by atoms with van der Waals surface area (Å²) in [5, 5.41) is 14.4. The second-order valence-corrected chi connectivity index (χ2v) is 9.93. The zero-order valence-electron chi connectivity index (χ0n) is 18.8. The molecule has 2 aromatic heterocycles. The van der Waals surface area contributed by atoms with Crippen LogP contribution in [0.25, 0.3) is 17.1 Å². The minimum atomic E-state index is -0.314. The molecule has 1 N–H and O–H groups in total. The molecule has 1 unspecified atom stereocenters. The molecular weight excluding hydrogens is 452 g/mol. The molecule has 0 saturated carbocycles. The maximum absolute atomic E-state index is 12.7. The summed E-state index contributed by atoms with van der Waals surface area (Å²) in [5.74, 6) is 1.48. The number of aryl methyl sites for hydroxylation is 1. The second-order valence-electron chi connectivity index (χ2n) is 7.59. The molecule has 1 amide bonds. The molecule has 0 saturated heterocycles. The van der Waals surface area contributed by atoms with E-state index in [0.29, 0.717) is 17.5 Å². The van der Waals surface area contributed by atoms with Crippen LogP contribution in [-0.2, 0) is 11.2 Å². The number of nitrogens with one attached hydrogen (secondary N) is 1. The predicted molar refractivity (Wildman–Crippen MR) is 134 cm³/mol. The molecule has 6 nitrogen and oxygen atoms in total. The highest BCUT2D eigenvalue weighted by molar-refractivity contribution is 8.00. The van der Waals surface area contributed by atoms with Crippen molar-refractivity contribution in [3.05, 3.63) is 76.5 Å². The lowest BCUT2D eigenvalue weighted by Crippen LogP contribution is -2.32. The maximum Gasteiger partial charge on any atom is 0.233 e. The minimum absolute atomic E-state index is 0.0130. The lowest BCUT2D eigenvalue weighted by atomic mass is 10.2. The SMILES string of the molecule is COc1ccc(-c2nnc(SC(C)C(=O)NCCc3cccs3)n2-c2ccc(C)cc2)cc1. The smallest absolute Gasteiger partial charge is 0.233 e. The van der Waals surface area contributed by atoms with Crippen LogP contribution in [-0.4, -0.2) is 39.6 Å². The van der Waals surface area contributed by atoms with Crippen molar-refractivity contribution in [2.75, 3.05) is 13.7 Å². The maximum atomic E-state index is 12.7. The number of carbonyl (C=O) groups is 1. The Morgan fingerprint density at radius 1 is 1.12 bits per heavy atom. The number of benzene rings is 2. The molecule has 0 bridgehead atoms. The number of hydrogen-bond acceptors (Lipinski definition) is 6. The van der Waals surface area contributed by atoms with Gasteiger partial charge in [0.15, 0.2) is 11.0 Å². The van der Waals surface area contributed by atoms with Gasteiger partial charge in [-0.3, -0.25) is 9.36 Å². The third-order valence-electron chi connectivity index (χ3n) is 5.18. The van der Waals surface area contributed by atoms with Gasteiger partial charge in [-0.1, -0.05) is 35.5 Å². The van der Waals surface area contributed by atoms with Gasteiger partial charge in [-0.05, 0) is 68.1 Å². The molecule has 0 radical (unpaired) electrons. The topological polar surface area (TPSA) is 69.0 Å². The first kappa shape index (κ1) is 23.1. The summed E-state index contributed by atoms with van der Waals surface area (Å²) in [4.78, 5) is 14.0. The summed E-state index contributed by atoms with van der Waals surface area (Å²) in [7, 11) is 1.64. The molecule has 170 valence electrons. The normalized spacial score (nSPS) is 11.8. The number of carbonyl (C=O) groups excluding carboxylic acids is 1. The van der Waals surface area contributed by atoms with Gasteiger partial charge in [0.2, 0.25) is 5.91 Å². The van der Waals surface area contributed by atoms with Crippen molar-refractivity contribution < 1.29 is 9.53 Å². The first-order chi connectivity index (χ1) is 16.0. The summed E-state index contributed by atoms with van der Waals surface area (Å²) in [6.45, 7) is 4.57. The van der Waals surface area contributed by atoms with Gasteiger partial charge in [0, 0.05) is 22.7 Å². The lowest BCUT2D eigenvalue weighted by molar-refractivity contribution is -0.120. The second kappa shape index (κ2) is 10.7. The van der Waals surface area contributed by atoms with Crippen molar-refractivity contribution in [3.8, 4) is 22.8 Å². The lowest BCUT2D eigenvalue weighted by Gasteiger charge is -2.14. The molecule has 0 fully saturated rings. The Kier molecular flexibility index (Phi) is 7.47. The number of ether oxygens (including phenoxy) is 1. The summed E-state index contributed by atoms with van der Waals surface area (Å²) in [6, 6.07) is 20.0. The fourth-order valence-corrected chi connectivity index (χ4v) is 4.92. The van der Waals surface area contributed by atoms with Crippen LogP contribution in [0.15, 0.2) is 71.2 Å². The number of thioether (sulfide) groups is 1. The molecule has 2 aromatic carbocycles. The molecule has 4 rings (SSSR count). The van der Waals surface area contributed by atoms with Crippen molar-refractivity contribution in [2.24, 2.45) is 0 Å². The zero-order valence-corrected chi connectivity index (χ0v) is 20.5. The third kappa shape index (κ3) is 5.64. The number of amides is 1.